The molecule has 2 fully saturated rings. The molecular formula is C24H22F3N5O3. The highest BCUT2D eigenvalue weighted by atomic mass is 19.4. The summed E-state index contributed by atoms with van der Waals surface area (Å²) in [4.78, 5) is 43.1. The van der Waals surface area contributed by atoms with E-state index in [0.717, 1.165) is 17.7 Å². The predicted octanol–water partition coefficient (Wildman–Crippen LogP) is 2.34. The summed E-state index contributed by atoms with van der Waals surface area (Å²) in [6.45, 7) is -0.175. The SMILES string of the molecule is CNC(=O)N1CC2(C1)C(=O)N(Cc1ccc(C#N)cc1)CC(=O)N2Cc1ccc(C(F)(F)F)cc1. The zero-order valence-corrected chi connectivity index (χ0v) is 18.8. The molecule has 8 nitrogen and oxygen atoms in total. The van der Waals surface area contributed by atoms with Crippen molar-refractivity contribution in [2.24, 2.45) is 0 Å². The van der Waals surface area contributed by atoms with Gasteiger partial charge in [-0.3, -0.25) is 9.59 Å². The third-order valence-electron chi connectivity index (χ3n) is 6.31. The molecule has 2 aliphatic heterocycles. The van der Waals surface area contributed by atoms with Crippen LogP contribution in [0.5, 0.6) is 0 Å². The molecule has 4 rings (SSSR count). The largest absolute Gasteiger partial charge is 0.416 e. The Morgan fingerprint density at radius 2 is 1.60 bits per heavy atom. The van der Waals surface area contributed by atoms with Gasteiger partial charge in [0.15, 0.2) is 5.54 Å². The summed E-state index contributed by atoms with van der Waals surface area (Å²) in [6.07, 6.45) is -4.48. The van der Waals surface area contributed by atoms with E-state index in [0.29, 0.717) is 11.1 Å². The van der Waals surface area contributed by atoms with Crippen LogP contribution >= 0.6 is 0 Å². The topological polar surface area (TPSA) is 96.7 Å². The number of nitriles is 1. The molecule has 1 N–H and O–H groups in total. The maximum Gasteiger partial charge on any atom is 0.416 e. The van der Waals surface area contributed by atoms with Crippen LogP contribution in [-0.4, -0.2) is 64.8 Å². The van der Waals surface area contributed by atoms with Crippen molar-refractivity contribution in [3.05, 3.63) is 70.8 Å². The lowest BCUT2D eigenvalue weighted by Gasteiger charge is -2.57. The number of amides is 4. The van der Waals surface area contributed by atoms with E-state index in [1.807, 2.05) is 6.07 Å². The summed E-state index contributed by atoms with van der Waals surface area (Å²) in [6, 6.07) is 12.7. The summed E-state index contributed by atoms with van der Waals surface area (Å²) in [5.74, 6) is -0.705. The fraction of sp³-hybridized carbons (Fsp3) is 0.333. The van der Waals surface area contributed by atoms with E-state index in [9.17, 15) is 27.6 Å². The van der Waals surface area contributed by atoms with Crippen LogP contribution in [0.4, 0.5) is 18.0 Å². The van der Waals surface area contributed by atoms with E-state index in [1.165, 1.54) is 33.9 Å². The number of likely N-dealkylation sites (tertiary alicyclic amines) is 1. The summed E-state index contributed by atoms with van der Waals surface area (Å²) in [5, 5.41) is 11.5. The van der Waals surface area contributed by atoms with Gasteiger partial charge >= 0.3 is 12.2 Å². The van der Waals surface area contributed by atoms with E-state index >= 15 is 0 Å². The number of piperazine rings is 1. The standard InChI is InChI=1S/C24H22F3N5O3/c1-29-22(35)31-14-23(15-31)21(34)30(11-17-4-2-16(10-28)3-5-17)13-20(33)32(23)12-18-6-8-19(9-7-18)24(25,26)27/h2-9H,11-15H2,1H3,(H,29,35). The van der Waals surface area contributed by atoms with Crippen molar-refractivity contribution in [1.82, 2.24) is 20.0 Å². The van der Waals surface area contributed by atoms with Gasteiger partial charge in [0.25, 0.3) is 5.91 Å². The average Bonchev–Trinajstić information content (AvgIpc) is 2.81. The first-order valence-corrected chi connectivity index (χ1v) is 10.8. The number of urea groups is 1. The van der Waals surface area contributed by atoms with Crippen LogP contribution in [0.1, 0.15) is 22.3 Å². The van der Waals surface area contributed by atoms with Crippen LogP contribution in [0.2, 0.25) is 0 Å². The Kier molecular flexibility index (Phi) is 6.15. The molecule has 0 bridgehead atoms. The Morgan fingerprint density at radius 3 is 2.14 bits per heavy atom. The maximum atomic E-state index is 13.6. The second-order valence-corrected chi connectivity index (χ2v) is 8.59. The Hall–Kier alpha value is -4.07. The van der Waals surface area contributed by atoms with Crippen molar-refractivity contribution in [3.8, 4) is 6.07 Å². The summed E-state index contributed by atoms with van der Waals surface area (Å²) < 4.78 is 38.8. The highest BCUT2D eigenvalue weighted by Crippen LogP contribution is 2.36. The molecular weight excluding hydrogens is 463 g/mol. The number of nitrogens with zero attached hydrogens (tertiary/aromatic N) is 4. The van der Waals surface area contributed by atoms with Crippen LogP contribution < -0.4 is 5.32 Å². The molecule has 4 amide bonds. The number of benzene rings is 2. The first-order chi connectivity index (χ1) is 16.6. The van der Waals surface area contributed by atoms with E-state index in [1.54, 1.807) is 24.3 Å². The van der Waals surface area contributed by atoms with E-state index in [4.69, 9.17) is 5.26 Å². The van der Waals surface area contributed by atoms with E-state index in [2.05, 4.69) is 5.32 Å². The van der Waals surface area contributed by atoms with Gasteiger partial charge in [0, 0.05) is 20.1 Å². The molecule has 182 valence electrons. The van der Waals surface area contributed by atoms with Gasteiger partial charge in [-0.15, -0.1) is 0 Å². The third-order valence-corrected chi connectivity index (χ3v) is 6.31. The van der Waals surface area contributed by atoms with Crippen molar-refractivity contribution < 1.29 is 27.6 Å². The van der Waals surface area contributed by atoms with Gasteiger partial charge in [0.05, 0.1) is 30.3 Å². The van der Waals surface area contributed by atoms with Crippen molar-refractivity contribution in [2.75, 3.05) is 26.7 Å². The van der Waals surface area contributed by atoms with Crippen molar-refractivity contribution in [3.63, 3.8) is 0 Å². The molecule has 2 heterocycles. The monoisotopic (exact) mass is 485 g/mol. The van der Waals surface area contributed by atoms with Crippen LogP contribution in [0.3, 0.4) is 0 Å². The zero-order chi connectivity index (χ0) is 25.4. The molecule has 0 radical (unpaired) electrons. The number of nitrogens with one attached hydrogen (secondary N) is 1. The van der Waals surface area contributed by atoms with E-state index in [-0.39, 0.29) is 44.5 Å². The molecule has 0 aliphatic carbocycles. The fourth-order valence-corrected chi connectivity index (χ4v) is 4.42. The Bertz CT molecular complexity index is 1180. The molecule has 2 aromatic rings. The van der Waals surface area contributed by atoms with Crippen molar-refractivity contribution in [1.29, 1.82) is 5.26 Å². The molecule has 2 saturated heterocycles. The molecule has 0 saturated carbocycles. The first-order valence-electron chi connectivity index (χ1n) is 10.8. The van der Waals surface area contributed by atoms with Gasteiger partial charge in [-0.05, 0) is 35.4 Å². The van der Waals surface area contributed by atoms with Gasteiger partial charge in [-0.25, -0.2) is 4.79 Å². The molecule has 0 unspecified atom stereocenters. The second kappa shape index (κ2) is 8.94. The van der Waals surface area contributed by atoms with Gasteiger partial charge < -0.3 is 20.0 Å². The third kappa shape index (κ3) is 4.51. The molecule has 35 heavy (non-hydrogen) atoms. The predicted molar refractivity (Wildman–Crippen MR) is 117 cm³/mol. The van der Waals surface area contributed by atoms with Gasteiger partial charge in [-0.2, -0.15) is 18.4 Å². The van der Waals surface area contributed by atoms with Gasteiger partial charge in [0.1, 0.15) is 6.54 Å². The maximum absolute atomic E-state index is 13.6. The molecule has 2 aromatic carbocycles. The number of carbonyl (C=O) groups is 3. The quantitative estimate of drug-likeness (QED) is 0.719. The van der Waals surface area contributed by atoms with Crippen molar-refractivity contribution >= 4 is 17.8 Å². The Labute approximate surface area is 199 Å². The average molecular weight is 485 g/mol. The normalized spacial score (nSPS) is 17.3. The lowest BCUT2D eigenvalue weighted by atomic mass is 9.83. The molecule has 2 aliphatic rings. The highest BCUT2D eigenvalue weighted by molar-refractivity contribution is 6.00. The first kappa shape index (κ1) is 24.1. The van der Waals surface area contributed by atoms with Crippen LogP contribution in [-0.2, 0) is 28.9 Å². The minimum atomic E-state index is -4.48. The van der Waals surface area contributed by atoms with Gasteiger partial charge in [0.2, 0.25) is 5.91 Å². The summed E-state index contributed by atoms with van der Waals surface area (Å²) in [7, 11) is 1.46. The number of hydrogen-bond donors (Lipinski definition) is 1. The number of carbonyl (C=O) groups excluding carboxylic acids is 3. The number of hydrogen-bond acceptors (Lipinski definition) is 4. The fourth-order valence-electron chi connectivity index (χ4n) is 4.42. The number of rotatable bonds is 4. The van der Waals surface area contributed by atoms with Crippen molar-refractivity contribution in [2.45, 2.75) is 24.8 Å². The van der Waals surface area contributed by atoms with Crippen LogP contribution in [0.15, 0.2) is 48.5 Å². The summed E-state index contributed by atoms with van der Waals surface area (Å²) >= 11 is 0. The van der Waals surface area contributed by atoms with Gasteiger partial charge in [-0.1, -0.05) is 24.3 Å². The lowest BCUT2D eigenvalue weighted by Crippen LogP contribution is -2.81. The zero-order valence-electron chi connectivity index (χ0n) is 18.8. The minimum absolute atomic E-state index is 0.0260. The molecule has 0 atom stereocenters. The van der Waals surface area contributed by atoms with E-state index < -0.39 is 23.3 Å². The van der Waals surface area contributed by atoms with Crippen LogP contribution in [0.25, 0.3) is 0 Å². The number of halogens is 3. The Morgan fingerprint density at radius 1 is 1.03 bits per heavy atom. The summed E-state index contributed by atoms with van der Waals surface area (Å²) in [5.41, 5.74) is -0.470. The van der Waals surface area contributed by atoms with Crippen LogP contribution in [0, 0.1) is 11.3 Å². The minimum Gasteiger partial charge on any atom is -0.341 e. The molecule has 1 spiro atoms. The smallest absolute Gasteiger partial charge is 0.341 e. The lowest BCUT2D eigenvalue weighted by molar-refractivity contribution is -0.177. The molecule has 11 heteroatoms. The molecule has 0 aromatic heterocycles. The Balaban J connectivity index is 1.59. The second-order valence-electron chi connectivity index (χ2n) is 8.59. The highest BCUT2D eigenvalue weighted by Gasteiger charge is 2.60. The number of alkyl halides is 3.